The molecule has 0 aromatic carbocycles. The second kappa shape index (κ2) is 5.00. The minimum atomic E-state index is -4.33. The molecule has 0 saturated carbocycles. The van der Waals surface area contributed by atoms with Crippen molar-refractivity contribution in [3.63, 3.8) is 0 Å². The van der Waals surface area contributed by atoms with E-state index in [1.807, 2.05) is 0 Å². The second-order valence-electron chi connectivity index (χ2n) is 5.44. The molecule has 1 aliphatic rings. The number of pyridine rings is 1. The molecular weight excluding hydrogens is 255 g/mol. The van der Waals surface area contributed by atoms with Gasteiger partial charge >= 0.3 is 6.18 Å². The van der Waals surface area contributed by atoms with Crippen LogP contribution in [0.3, 0.4) is 0 Å². The van der Waals surface area contributed by atoms with Gasteiger partial charge in [-0.2, -0.15) is 13.2 Å². The van der Waals surface area contributed by atoms with Gasteiger partial charge in [-0.05, 0) is 45.5 Å². The Morgan fingerprint density at radius 1 is 1.26 bits per heavy atom. The summed E-state index contributed by atoms with van der Waals surface area (Å²) in [6.45, 7) is 7.04. The molecule has 0 aliphatic carbocycles. The van der Waals surface area contributed by atoms with Crippen molar-refractivity contribution < 1.29 is 13.2 Å². The van der Waals surface area contributed by atoms with Crippen molar-refractivity contribution in [3.8, 4) is 0 Å². The Morgan fingerprint density at radius 2 is 1.95 bits per heavy atom. The average Bonchev–Trinajstić information content (AvgIpc) is 2.23. The van der Waals surface area contributed by atoms with Gasteiger partial charge in [0.25, 0.3) is 0 Å². The van der Waals surface area contributed by atoms with Crippen molar-refractivity contribution in [3.05, 3.63) is 23.9 Å². The van der Waals surface area contributed by atoms with E-state index in [0.29, 0.717) is 12.4 Å². The lowest BCUT2D eigenvalue weighted by Crippen LogP contribution is -2.55. The lowest BCUT2D eigenvalue weighted by molar-refractivity contribution is -0.137. The first kappa shape index (κ1) is 14.1. The minimum Gasteiger partial charge on any atom is -0.368 e. The number of hydrogen-bond donors (Lipinski definition) is 1. The molecular formula is C13H18F3N3. The van der Waals surface area contributed by atoms with Gasteiger partial charge in [0.05, 0.1) is 5.56 Å². The van der Waals surface area contributed by atoms with Crippen LogP contribution in [0, 0.1) is 0 Å². The first-order valence-electron chi connectivity index (χ1n) is 6.31. The van der Waals surface area contributed by atoms with Crippen LogP contribution in [0.25, 0.3) is 0 Å². The van der Waals surface area contributed by atoms with Gasteiger partial charge in [0.15, 0.2) is 0 Å². The zero-order valence-corrected chi connectivity index (χ0v) is 11.1. The molecule has 1 fully saturated rings. The summed E-state index contributed by atoms with van der Waals surface area (Å²) in [5.74, 6) is 0.474. The van der Waals surface area contributed by atoms with Crippen LogP contribution in [0.5, 0.6) is 0 Å². The van der Waals surface area contributed by atoms with E-state index >= 15 is 0 Å². The fraction of sp³-hybridized carbons (Fsp3) is 0.615. The highest BCUT2D eigenvalue weighted by Crippen LogP contribution is 2.29. The third kappa shape index (κ3) is 3.37. The van der Waals surface area contributed by atoms with Crippen LogP contribution >= 0.6 is 0 Å². The van der Waals surface area contributed by atoms with Gasteiger partial charge in [-0.25, -0.2) is 4.98 Å². The summed E-state index contributed by atoms with van der Waals surface area (Å²) >= 11 is 0. The van der Waals surface area contributed by atoms with E-state index in [-0.39, 0.29) is 5.54 Å². The topological polar surface area (TPSA) is 28.2 Å². The van der Waals surface area contributed by atoms with Crippen LogP contribution in [-0.4, -0.2) is 35.1 Å². The van der Waals surface area contributed by atoms with E-state index in [4.69, 9.17) is 0 Å². The number of aromatic nitrogens is 1. The molecule has 0 amide bonds. The molecule has 3 nitrogen and oxygen atoms in total. The number of nitrogens with one attached hydrogen (secondary N) is 1. The normalized spacial score (nSPS) is 17.1. The fourth-order valence-corrected chi connectivity index (χ4v) is 2.01. The zero-order valence-electron chi connectivity index (χ0n) is 11.1. The van der Waals surface area contributed by atoms with Crippen LogP contribution in [0.2, 0.25) is 0 Å². The van der Waals surface area contributed by atoms with Crippen molar-refractivity contribution in [2.24, 2.45) is 0 Å². The Bertz CT molecular complexity index is 422. The lowest BCUT2D eigenvalue weighted by Gasteiger charge is -2.44. The van der Waals surface area contributed by atoms with Crippen molar-refractivity contribution in [1.82, 2.24) is 9.88 Å². The maximum absolute atomic E-state index is 12.4. The van der Waals surface area contributed by atoms with E-state index in [2.05, 4.69) is 29.0 Å². The summed E-state index contributed by atoms with van der Waals surface area (Å²) < 4.78 is 37.2. The standard InChI is InChI=1S/C13H18F3N3/c1-12(2,19-6-3-7-19)9-18-11-5-4-10(8-17-11)13(14,15)16/h4-5,8H,3,6-7,9H2,1-2H3,(H,17,18). The van der Waals surface area contributed by atoms with E-state index in [9.17, 15) is 13.2 Å². The number of likely N-dealkylation sites (tertiary alicyclic amines) is 1. The summed E-state index contributed by atoms with van der Waals surface area (Å²) in [6, 6.07) is 2.42. The van der Waals surface area contributed by atoms with Gasteiger partial charge in [-0.3, -0.25) is 4.90 Å². The van der Waals surface area contributed by atoms with E-state index < -0.39 is 11.7 Å². The first-order valence-corrected chi connectivity index (χ1v) is 6.31. The number of nitrogens with zero attached hydrogens (tertiary/aromatic N) is 2. The summed E-state index contributed by atoms with van der Waals surface area (Å²) in [5.41, 5.74) is -0.733. The molecule has 0 unspecified atom stereocenters. The highest BCUT2D eigenvalue weighted by atomic mass is 19.4. The molecule has 0 spiro atoms. The van der Waals surface area contributed by atoms with Gasteiger partial charge in [-0.1, -0.05) is 0 Å². The maximum Gasteiger partial charge on any atom is 0.417 e. The van der Waals surface area contributed by atoms with Gasteiger partial charge in [0.1, 0.15) is 5.82 Å². The molecule has 106 valence electrons. The van der Waals surface area contributed by atoms with E-state index in [1.165, 1.54) is 12.5 Å². The molecule has 1 N–H and O–H groups in total. The number of rotatable bonds is 4. The number of alkyl halides is 3. The predicted molar refractivity (Wildman–Crippen MR) is 68.0 cm³/mol. The quantitative estimate of drug-likeness (QED) is 0.914. The van der Waals surface area contributed by atoms with Crippen molar-refractivity contribution in [1.29, 1.82) is 0 Å². The van der Waals surface area contributed by atoms with Crippen molar-refractivity contribution >= 4 is 5.82 Å². The van der Waals surface area contributed by atoms with Gasteiger partial charge in [0.2, 0.25) is 0 Å². The predicted octanol–water partition coefficient (Wildman–Crippen LogP) is 3.00. The molecule has 1 saturated heterocycles. The number of hydrogen-bond acceptors (Lipinski definition) is 3. The minimum absolute atomic E-state index is 0.0113. The van der Waals surface area contributed by atoms with Gasteiger partial charge in [-0.15, -0.1) is 0 Å². The monoisotopic (exact) mass is 273 g/mol. The summed E-state index contributed by atoms with van der Waals surface area (Å²) in [6.07, 6.45) is -2.26. The SMILES string of the molecule is CC(C)(CNc1ccc(C(F)(F)F)cn1)N1CCC1. The van der Waals surface area contributed by atoms with E-state index in [1.54, 1.807) is 0 Å². The molecule has 1 aliphatic heterocycles. The highest BCUT2D eigenvalue weighted by Gasteiger charge is 2.32. The molecule has 1 aromatic heterocycles. The Morgan fingerprint density at radius 3 is 2.37 bits per heavy atom. The summed E-state index contributed by atoms with van der Waals surface area (Å²) in [4.78, 5) is 6.14. The maximum atomic E-state index is 12.4. The second-order valence-corrected chi connectivity index (χ2v) is 5.44. The molecule has 2 rings (SSSR count). The van der Waals surface area contributed by atoms with Crippen LogP contribution < -0.4 is 5.32 Å². The lowest BCUT2D eigenvalue weighted by atomic mass is 9.98. The Balaban J connectivity index is 1.93. The smallest absolute Gasteiger partial charge is 0.368 e. The molecule has 2 heterocycles. The number of anilines is 1. The fourth-order valence-electron chi connectivity index (χ4n) is 2.01. The Kier molecular flexibility index (Phi) is 3.71. The van der Waals surface area contributed by atoms with Crippen molar-refractivity contribution in [2.75, 3.05) is 25.0 Å². The van der Waals surface area contributed by atoms with Crippen LogP contribution in [0.4, 0.5) is 19.0 Å². The van der Waals surface area contributed by atoms with E-state index in [0.717, 1.165) is 25.4 Å². The third-order valence-corrected chi connectivity index (χ3v) is 3.51. The molecule has 0 bridgehead atoms. The Labute approximate surface area is 110 Å². The number of halogens is 3. The molecule has 0 radical (unpaired) electrons. The summed E-state index contributed by atoms with van der Waals surface area (Å²) in [7, 11) is 0. The molecule has 0 atom stereocenters. The van der Waals surface area contributed by atoms with Gasteiger partial charge < -0.3 is 5.32 Å². The summed E-state index contributed by atoms with van der Waals surface area (Å²) in [5, 5.41) is 3.09. The third-order valence-electron chi connectivity index (χ3n) is 3.51. The highest BCUT2D eigenvalue weighted by molar-refractivity contribution is 5.36. The zero-order chi connectivity index (χ0) is 14.1. The largest absolute Gasteiger partial charge is 0.417 e. The average molecular weight is 273 g/mol. The van der Waals surface area contributed by atoms with Crippen LogP contribution in [-0.2, 0) is 6.18 Å². The Hall–Kier alpha value is -1.30. The first-order chi connectivity index (χ1) is 8.79. The molecule has 6 heteroatoms. The van der Waals surface area contributed by atoms with Gasteiger partial charge in [0, 0.05) is 18.3 Å². The van der Waals surface area contributed by atoms with Crippen LogP contribution in [0.1, 0.15) is 25.8 Å². The van der Waals surface area contributed by atoms with Crippen LogP contribution in [0.15, 0.2) is 18.3 Å². The van der Waals surface area contributed by atoms with Crippen molar-refractivity contribution in [2.45, 2.75) is 32.0 Å². The molecule has 1 aromatic rings. The molecule has 19 heavy (non-hydrogen) atoms.